The first-order valence-corrected chi connectivity index (χ1v) is 76.4. The van der Waals surface area contributed by atoms with E-state index in [1.165, 1.54) is 122 Å². The van der Waals surface area contributed by atoms with Gasteiger partial charge in [0.25, 0.3) is 0 Å². The van der Waals surface area contributed by atoms with E-state index >= 15 is 0 Å². The molecule has 0 aliphatic heterocycles. The molecule has 51 heteroatoms. The van der Waals surface area contributed by atoms with Crippen molar-refractivity contribution in [1.82, 2.24) is 0 Å². The lowest BCUT2D eigenvalue weighted by molar-refractivity contribution is 0.585. The van der Waals surface area contributed by atoms with Gasteiger partial charge in [-0.1, -0.05) is 154 Å². The minimum atomic E-state index is -2.80. The van der Waals surface area contributed by atoms with Gasteiger partial charge in [0.05, 0.1) is 61.9 Å². The second-order valence-corrected chi connectivity index (χ2v) is 56.0. The highest BCUT2D eigenvalue weighted by Gasteiger charge is 2.05. The molecule has 0 aliphatic rings. The third-order valence-electron chi connectivity index (χ3n) is 18.4. The molecular formula is C96H180N12O15S24. The third kappa shape index (κ3) is 245. The molecule has 0 N–H and O–H groups in total. The summed E-state index contributed by atoms with van der Waals surface area (Å²) < 4.78 is 160. The topological polar surface area (TPSA) is 404 Å². The minimum Gasteiger partial charge on any atom is -0.260 e. The molecule has 0 aromatic rings. The molecule has 0 saturated carbocycles. The molecule has 0 fully saturated rings. The van der Waals surface area contributed by atoms with Crippen molar-refractivity contribution in [2.24, 2.45) is 59.9 Å². The van der Waals surface area contributed by atoms with Gasteiger partial charge < -0.3 is 0 Å². The lowest BCUT2D eigenvalue weighted by atomic mass is 10.1. The smallest absolute Gasteiger partial charge is 0.147 e. The molecular weight excluding hydrogens is 2330 g/mol. The summed E-state index contributed by atoms with van der Waals surface area (Å²) in [6, 6.07) is 0. The summed E-state index contributed by atoms with van der Waals surface area (Å²) in [6.45, 7) is 9.03. The number of thiocarbonyl (C=S) groups is 12. The third-order valence-corrected chi connectivity index (χ3v) is 30.9. The van der Waals surface area contributed by atoms with Gasteiger partial charge in [-0.05, 0) is 301 Å². The van der Waals surface area contributed by atoms with Gasteiger partial charge in [-0.3, -0.25) is 37.9 Å². The zero-order valence-corrected chi connectivity index (χ0v) is 110. The zero-order valence-electron chi connectivity index (χ0n) is 90.2. The van der Waals surface area contributed by atoms with Gasteiger partial charge in [-0.15, -0.1) is 0 Å². The Morgan fingerprint density at radius 3 is 0.320 bits per heavy atom. The lowest BCUT2D eigenvalue weighted by Gasteiger charge is -1.99. The van der Waals surface area contributed by atoms with Gasteiger partial charge in [0.2, 0.25) is 0 Å². The highest BCUT2D eigenvalue weighted by atomic mass is 32.2. The van der Waals surface area contributed by atoms with Crippen LogP contribution in [0.15, 0.2) is 59.9 Å². The first-order valence-electron chi connectivity index (χ1n) is 49.8. The van der Waals surface area contributed by atoms with Crippen LogP contribution in [0.1, 0.15) is 308 Å². The molecule has 27 nitrogen and oxygen atoms in total. The molecule has 0 radical (unpaired) electrons. The van der Waals surface area contributed by atoms with Gasteiger partial charge in [0, 0.05) is 320 Å². The number of hydrogen-bond donors (Lipinski definition) is 0. The highest BCUT2D eigenvalue weighted by Crippen LogP contribution is 2.12. The fraction of sp³-hybridized carbons (Fsp3) is 0.875. The average Bonchev–Trinajstić information content (AvgIpc) is 1.000. The summed E-state index contributed by atoms with van der Waals surface area (Å²) in [5.74, 6) is 8.19. The van der Waals surface area contributed by atoms with E-state index in [9.17, 15) is 63.1 Å². The second-order valence-electron chi connectivity index (χ2n) is 33.0. The standard InChI is InChI=1S/C10H19NO2S2.4C10H19NOS2.C8H15NO2S2.C8H15NOS2.C6H11NO2S2.4C6H11NOS2/c1-15(12,13)9-7-5-3-2-4-6-8-11-10-14;4*1-14(12)9-7-5-3-2-4-6-8-11-10-13;1-13(10,11)7-5-3-2-4-6-9-8-12;1-12(10)7-5-3-2-4-6-9-8-11;1-11(8,9)5-3-2-4-7-6-10;4*1-10(8)5-3-2-4-7-6-9/h2-9H2,1H3;4*2-9H2,1H3;2-7H2,1H3;2-7H2,1H3;2-5H2,1H3;4*2-5H2,1H3/t;2*14-;;;;;;2*10-;;/m.11.....11../s1. The SMILES string of the molecule is CS(=O)(=O)CCCCCCCCN=C=S.CS(=O)(=O)CCCCCCN=C=S.CS(=O)(=O)CCCCN=C=S.CS(=O)CCCCCCCCN=C=S.CS(=O)CCCCCCCCN=C=S.CS(=O)CCCCCCN=C=S.CS(=O)CCCCN=C=S.CS(=O)CCCCN=C=S.C[S@@](=O)CCCCCCCCN=C=S.C[S@@](=O)CCCCCCCCN=C=S.C[S@@](=O)CCCCN=C=S.C[S@@](=O)CCCCN=C=S. The lowest BCUT2D eigenvalue weighted by Crippen LogP contribution is -2.02. The van der Waals surface area contributed by atoms with Crippen LogP contribution in [0.3, 0.4) is 0 Å². The summed E-state index contributed by atoms with van der Waals surface area (Å²) >= 11 is 53.0. The Bertz CT molecular complexity index is 3910. The van der Waals surface area contributed by atoms with Crippen molar-refractivity contribution in [3.8, 4) is 0 Å². The normalized spacial score (nSPS) is 11.8. The Morgan fingerprint density at radius 2 is 0.218 bits per heavy atom. The van der Waals surface area contributed by atoms with Gasteiger partial charge >= 0.3 is 0 Å². The van der Waals surface area contributed by atoms with Crippen LogP contribution in [0.25, 0.3) is 0 Å². The quantitative estimate of drug-likeness (QED) is 0.0310. The summed E-state index contributed by atoms with van der Waals surface area (Å²) in [4.78, 5) is 45.4. The molecule has 9 atom stereocenters. The van der Waals surface area contributed by atoms with Crippen LogP contribution in [0.4, 0.5) is 0 Å². The molecule has 5 unspecified atom stereocenters. The Kier molecular flexibility index (Phi) is 178. The summed E-state index contributed by atoms with van der Waals surface area (Å²) in [5.41, 5.74) is 0. The molecule has 858 valence electrons. The predicted molar refractivity (Wildman–Crippen MR) is 690 cm³/mol. The van der Waals surface area contributed by atoms with E-state index in [1.54, 1.807) is 56.3 Å². The fourth-order valence-corrected chi connectivity index (χ4v) is 19.7. The maximum absolute atomic E-state index is 10.8. The average molecular weight is 2510 g/mol. The predicted octanol–water partition coefficient (Wildman–Crippen LogP) is 23.3. The van der Waals surface area contributed by atoms with E-state index in [4.69, 9.17) is 0 Å². The van der Waals surface area contributed by atoms with E-state index in [0.29, 0.717) is 31.0 Å². The van der Waals surface area contributed by atoms with E-state index < -0.39 is 127 Å². The van der Waals surface area contributed by atoms with Crippen LogP contribution in [-0.4, -0.2) is 348 Å². The Balaban J connectivity index is -0.000000136. The number of unbranched alkanes of at least 4 members (excludes halogenated alkanes) is 36. The van der Waals surface area contributed by atoms with Crippen molar-refractivity contribution >= 4 is 335 Å². The van der Waals surface area contributed by atoms with Gasteiger partial charge in [-0.2, -0.15) is 0 Å². The van der Waals surface area contributed by atoms with Crippen molar-refractivity contribution in [2.75, 3.05) is 223 Å². The highest BCUT2D eigenvalue weighted by molar-refractivity contribution is 7.91. The number of nitrogens with zero attached hydrogens (tertiary/aromatic N) is 12. The molecule has 0 bridgehead atoms. The maximum Gasteiger partial charge on any atom is 0.147 e. The van der Waals surface area contributed by atoms with Gasteiger partial charge in [0.1, 0.15) is 29.5 Å². The van der Waals surface area contributed by atoms with Crippen molar-refractivity contribution < 1.29 is 63.1 Å². The number of isothiocyanates is 12. The number of rotatable bonds is 84. The van der Waals surface area contributed by atoms with Crippen molar-refractivity contribution in [2.45, 2.75) is 308 Å². The first-order chi connectivity index (χ1) is 70.1. The van der Waals surface area contributed by atoms with E-state index in [-0.39, 0.29) is 5.75 Å². The number of sulfone groups is 3. The minimum absolute atomic E-state index is 0.236. The number of aliphatic imine (C=N–C) groups is 12. The van der Waals surface area contributed by atoms with E-state index in [0.717, 1.165) is 316 Å². The Hall–Kier alpha value is -1.20. The first kappa shape index (κ1) is 171. The van der Waals surface area contributed by atoms with Crippen LogP contribution in [0.2, 0.25) is 0 Å². The van der Waals surface area contributed by atoms with Crippen LogP contribution >= 0.6 is 147 Å². The molecule has 0 saturated heterocycles. The van der Waals surface area contributed by atoms with Gasteiger partial charge in [-0.25, -0.2) is 85.2 Å². The molecule has 0 amide bonds. The Morgan fingerprint density at radius 1 is 0.143 bits per heavy atom. The van der Waals surface area contributed by atoms with Crippen molar-refractivity contribution in [1.29, 1.82) is 0 Å². The zero-order chi connectivity index (χ0) is 114. The largest absolute Gasteiger partial charge is 0.260 e. The molecule has 0 heterocycles. The van der Waals surface area contributed by atoms with Crippen LogP contribution in [0, 0.1) is 0 Å². The Labute approximate surface area is 978 Å². The molecule has 0 aromatic carbocycles. The van der Waals surface area contributed by atoms with E-state index in [2.05, 4.69) is 268 Å². The maximum atomic E-state index is 10.8. The molecule has 0 aromatic heterocycles. The molecule has 147 heavy (non-hydrogen) atoms. The van der Waals surface area contributed by atoms with E-state index in [1.807, 2.05) is 0 Å². The molecule has 0 spiro atoms. The number of hydrogen-bond acceptors (Lipinski definition) is 39. The van der Waals surface area contributed by atoms with Gasteiger partial charge in [0.15, 0.2) is 0 Å². The van der Waals surface area contributed by atoms with Crippen LogP contribution in [0.5, 0.6) is 0 Å². The molecule has 0 rings (SSSR count). The summed E-state index contributed by atoms with van der Waals surface area (Å²) in [5, 5.41) is 27.8. The van der Waals surface area contributed by atoms with Crippen molar-refractivity contribution in [3.05, 3.63) is 0 Å². The summed E-state index contributed by atoms with van der Waals surface area (Å²) in [7, 11) is -14.0. The molecule has 0 aliphatic carbocycles. The monoisotopic (exact) mass is 2510 g/mol. The summed E-state index contributed by atoms with van der Waals surface area (Å²) in [6.07, 6.45) is 71.4. The van der Waals surface area contributed by atoms with Crippen molar-refractivity contribution in [3.63, 3.8) is 0 Å². The van der Waals surface area contributed by atoms with Crippen LogP contribution < -0.4 is 0 Å². The van der Waals surface area contributed by atoms with Crippen LogP contribution in [-0.2, 0) is 127 Å². The second kappa shape index (κ2) is 153. The fourth-order valence-electron chi connectivity index (χ4n) is 10.9.